The van der Waals surface area contributed by atoms with Gasteiger partial charge in [-0.05, 0) is 25.2 Å². The first kappa shape index (κ1) is 20.6. The van der Waals surface area contributed by atoms with Gasteiger partial charge in [-0.25, -0.2) is 8.42 Å². The van der Waals surface area contributed by atoms with Gasteiger partial charge in [0, 0.05) is 32.7 Å². The average Bonchev–Trinajstić information content (AvgIpc) is 3.03. The second-order valence-corrected chi connectivity index (χ2v) is 9.52. The Morgan fingerprint density at radius 2 is 2.08 bits per heavy atom. The molecule has 2 aliphatic heterocycles. The van der Waals surface area contributed by atoms with Crippen molar-refractivity contribution in [3.05, 3.63) is 0 Å². The molecule has 1 amide bonds. The second-order valence-electron chi connectivity index (χ2n) is 7.48. The van der Waals surface area contributed by atoms with E-state index in [0.29, 0.717) is 38.5 Å². The maximum atomic E-state index is 12.5. The van der Waals surface area contributed by atoms with Crippen molar-refractivity contribution in [3.63, 3.8) is 0 Å². The van der Waals surface area contributed by atoms with Gasteiger partial charge in [-0.1, -0.05) is 20.8 Å². The van der Waals surface area contributed by atoms with Crippen LogP contribution in [0.4, 0.5) is 0 Å². The number of ether oxygens (including phenoxy) is 1. The van der Waals surface area contributed by atoms with Crippen molar-refractivity contribution in [3.8, 4) is 0 Å². The predicted octanol–water partition coefficient (Wildman–Crippen LogP) is 0.664. The van der Waals surface area contributed by atoms with Gasteiger partial charge in [0.1, 0.15) is 6.04 Å². The van der Waals surface area contributed by atoms with Crippen LogP contribution in [0.2, 0.25) is 0 Å². The quantitative estimate of drug-likeness (QED) is 0.674. The average molecular weight is 376 g/mol. The van der Waals surface area contributed by atoms with Crippen molar-refractivity contribution in [2.45, 2.75) is 52.2 Å². The highest BCUT2D eigenvalue weighted by molar-refractivity contribution is 7.89. The summed E-state index contributed by atoms with van der Waals surface area (Å²) in [7, 11) is -3.34. The number of nitrogens with one attached hydrogen (secondary N) is 1. The molecule has 2 atom stereocenters. The van der Waals surface area contributed by atoms with Gasteiger partial charge in [-0.3, -0.25) is 9.69 Å². The molecule has 0 aromatic heterocycles. The van der Waals surface area contributed by atoms with E-state index < -0.39 is 16.1 Å². The standard InChI is InChI=1S/C17H33N3O4S/c1-4-10-25(22,23)20-7-5-6-16(20)17(21)18-11-15-13-19(8-9-24-15)12-14(2)3/h14-16H,4-13H2,1-3H3,(H,18,21). The molecule has 1 N–H and O–H groups in total. The number of morpholine rings is 1. The Labute approximate surface area is 152 Å². The highest BCUT2D eigenvalue weighted by atomic mass is 32.2. The number of rotatable bonds is 8. The van der Waals surface area contributed by atoms with E-state index in [-0.39, 0.29) is 17.8 Å². The van der Waals surface area contributed by atoms with E-state index in [0.717, 1.165) is 26.1 Å². The van der Waals surface area contributed by atoms with E-state index >= 15 is 0 Å². The van der Waals surface area contributed by atoms with Gasteiger partial charge in [0.2, 0.25) is 15.9 Å². The van der Waals surface area contributed by atoms with Gasteiger partial charge < -0.3 is 10.1 Å². The van der Waals surface area contributed by atoms with Crippen molar-refractivity contribution < 1.29 is 17.9 Å². The highest BCUT2D eigenvalue weighted by Crippen LogP contribution is 2.22. The summed E-state index contributed by atoms with van der Waals surface area (Å²) in [6.45, 7) is 10.5. The molecular formula is C17H33N3O4S. The van der Waals surface area contributed by atoms with Gasteiger partial charge in [-0.15, -0.1) is 0 Å². The normalized spacial score (nSPS) is 26.2. The molecule has 0 bridgehead atoms. The minimum atomic E-state index is -3.34. The van der Waals surface area contributed by atoms with Gasteiger partial charge in [-0.2, -0.15) is 4.31 Å². The first-order chi connectivity index (χ1) is 11.8. The monoisotopic (exact) mass is 375 g/mol. The molecule has 0 radical (unpaired) electrons. The van der Waals surface area contributed by atoms with Crippen molar-refractivity contribution >= 4 is 15.9 Å². The molecule has 0 spiro atoms. The summed E-state index contributed by atoms with van der Waals surface area (Å²) < 4.78 is 31.8. The number of hydrogen-bond acceptors (Lipinski definition) is 5. The Hall–Kier alpha value is -0.700. The zero-order valence-electron chi connectivity index (χ0n) is 15.7. The van der Waals surface area contributed by atoms with E-state index in [4.69, 9.17) is 4.74 Å². The molecule has 25 heavy (non-hydrogen) atoms. The summed E-state index contributed by atoms with van der Waals surface area (Å²) >= 11 is 0. The molecule has 2 fully saturated rings. The van der Waals surface area contributed by atoms with E-state index in [1.165, 1.54) is 4.31 Å². The van der Waals surface area contributed by atoms with E-state index in [9.17, 15) is 13.2 Å². The molecule has 0 aromatic carbocycles. The van der Waals surface area contributed by atoms with Gasteiger partial charge in [0.25, 0.3) is 0 Å². The van der Waals surface area contributed by atoms with Gasteiger partial charge in [0.15, 0.2) is 0 Å². The van der Waals surface area contributed by atoms with Gasteiger partial charge in [0.05, 0.1) is 18.5 Å². The van der Waals surface area contributed by atoms with Gasteiger partial charge >= 0.3 is 0 Å². The summed E-state index contributed by atoms with van der Waals surface area (Å²) in [6, 6.07) is -0.563. The zero-order valence-corrected chi connectivity index (χ0v) is 16.6. The van der Waals surface area contributed by atoms with Crippen LogP contribution in [0.15, 0.2) is 0 Å². The molecule has 0 aromatic rings. The van der Waals surface area contributed by atoms with E-state index in [1.54, 1.807) is 0 Å². The maximum absolute atomic E-state index is 12.5. The van der Waals surface area contributed by atoms with E-state index in [1.807, 2.05) is 6.92 Å². The van der Waals surface area contributed by atoms with Crippen molar-refractivity contribution in [2.24, 2.45) is 5.92 Å². The highest BCUT2D eigenvalue weighted by Gasteiger charge is 2.38. The third-order valence-electron chi connectivity index (χ3n) is 4.68. The van der Waals surface area contributed by atoms with Crippen LogP contribution in [0.5, 0.6) is 0 Å². The molecule has 2 heterocycles. The number of sulfonamides is 1. The minimum absolute atomic E-state index is 0.0291. The Bertz CT molecular complexity index is 538. The molecule has 0 aliphatic carbocycles. The van der Waals surface area contributed by atoms with Crippen LogP contribution in [0, 0.1) is 5.92 Å². The molecule has 0 saturated carbocycles. The topological polar surface area (TPSA) is 79.0 Å². The molecular weight excluding hydrogens is 342 g/mol. The predicted molar refractivity (Wildman–Crippen MR) is 97.8 cm³/mol. The summed E-state index contributed by atoms with van der Waals surface area (Å²) in [5, 5.41) is 2.92. The van der Waals surface area contributed by atoms with Crippen LogP contribution in [0.3, 0.4) is 0 Å². The lowest BCUT2D eigenvalue weighted by molar-refractivity contribution is -0.125. The lowest BCUT2D eigenvalue weighted by Gasteiger charge is -2.34. The summed E-state index contributed by atoms with van der Waals surface area (Å²) in [4.78, 5) is 14.9. The zero-order chi connectivity index (χ0) is 18.4. The van der Waals surface area contributed by atoms with Crippen LogP contribution in [0.25, 0.3) is 0 Å². The summed E-state index contributed by atoms with van der Waals surface area (Å²) in [5.74, 6) is 0.512. The largest absolute Gasteiger partial charge is 0.374 e. The Balaban J connectivity index is 1.85. The Kier molecular flexibility index (Phi) is 7.67. The molecule has 7 nitrogen and oxygen atoms in total. The summed E-state index contributed by atoms with van der Waals surface area (Å²) in [6.07, 6.45) is 1.87. The van der Waals surface area contributed by atoms with Crippen LogP contribution in [-0.4, -0.2) is 80.8 Å². The second kappa shape index (κ2) is 9.30. The van der Waals surface area contributed by atoms with Crippen LogP contribution < -0.4 is 5.32 Å². The SMILES string of the molecule is CCCS(=O)(=O)N1CCCC1C(=O)NCC1CN(CC(C)C)CCO1. The smallest absolute Gasteiger partial charge is 0.238 e. The number of carbonyl (C=O) groups excluding carboxylic acids is 1. The van der Waals surface area contributed by atoms with Crippen molar-refractivity contribution in [1.29, 1.82) is 0 Å². The lowest BCUT2D eigenvalue weighted by atomic mass is 10.1. The first-order valence-corrected chi connectivity index (χ1v) is 11.1. The molecule has 2 unspecified atom stereocenters. The molecule has 8 heteroatoms. The number of hydrogen-bond donors (Lipinski definition) is 1. The van der Waals surface area contributed by atoms with Crippen molar-refractivity contribution in [2.75, 3.05) is 45.1 Å². The minimum Gasteiger partial charge on any atom is -0.374 e. The molecule has 2 aliphatic rings. The Morgan fingerprint density at radius 1 is 1.32 bits per heavy atom. The van der Waals surface area contributed by atoms with E-state index in [2.05, 4.69) is 24.1 Å². The number of carbonyl (C=O) groups is 1. The van der Waals surface area contributed by atoms with Crippen LogP contribution >= 0.6 is 0 Å². The third-order valence-corrected chi connectivity index (χ3v) is 6.75. The fourth-order valence-corrected chi connectivity index (χ4v) is 5.38. The molecule has 2 rings (SSSR count). The summed E-state index contributed by atoms with van der Waals surface area (Å²) in [5.41, 5.74) is 0. The van der Waals surface area contributed by atoms with Crippen LogP contribution in [0.1, 0.15) is 40.0 Å². The fourth-order valence-electron chi connectivity index (χ4n) is 3.63. The lowest BCUT2D eigenvalue weighted by Crippen LogP contribution is -2.51. The number of amides is 1. The Morgan fingerprint density at radius 3 is 2.76 bits per heavy atom. The molecule has 146 valence electrons. The van der Waals surface area contributed by atoms with Crippen molar-refractivity contribution in [1.82, 2.24) is 14.5 Å². The fraction of sp³-hybridized carbons (Fsp3) is 0.941. The third kappa shape index (κ3) is 5.91. The maximum Gasteiger partial charge on any atom is 0.238 e. The first-order valence-electron chi connectivity index (χ1n) is 9.44. The van der Waals surface area contributed by atoms with Crippen LogP contribution in [-0.2, 0) is 19.6 Å². The molecule has 2 saturated heterocycles. The number of nitrogens with zero attached hydrogens (tertiary/aromatic N) is 2.